The molecule has 0 fully saturated rings. The molecule has 2 aromatic heterocycles. The summed E-state index contributed by atoms with van der Waals surface area (Å²) in [6, 6.07) is 14.8. The zero-order valence-electron chi connectivity index (χ0n) is 14.9. The number of aromatic nitrogens is 2. The fourth-order valence-electron chi connectivity index (χ4n) is 3.22. The molecule has 0 saturated carbocycles. The summed E-state index contributed by atoms with van der Waals surface area (Å²) in [5, 5.41) is 4.37. The van der Waals surface area contributed by atoms with Gasteiger partial charge in [-0.25, -0.2) is 4.98 Å². The largest absolute Gasteiger partial charge is 0.449 e. The average molecular weight is 380 g/mol. The molecule has 4 aromatic rings. The van der Waals surface area contributed by atoms with Gasteiger partial charge in [-0.2, -0.15) is 0 Å². The Labute approximate surface area is 161 Å². The molecule has 5 nitrogen and oxygen atoms in total. The second-order valence-corrected chi connectivity index (χ2v) is 6.79. The van der Waals surface area contributed by atoms with Gasteiger partial charge in [0, 0.05) is 30.4 Å². The molecule has 0 aliphatic carbocycles. The highest BCUT2D eigenvalue weighted by Crippen LogP contribution is 2.31. The van der Waals surface area contributed by atoms with Gasteiger partial charge in [0.1, 0.15) is 11.9 Å². The first-order valence-electron chi connectivity index (χ1n) is 8.57. The lowest BCUT2D eigenvalue weighted by atomic mass is 10.1. The van der Waals surface area contributed by atoms with Crippen LogP contribution in [-0.2, 0) is 7.05 Å². The van der Waals surface area contributed by atoms with Crippen LogP contribution in [0.2, 0.25) is 5.02 Å². The molecule has 1 atom stereocenters. The third kappa shape index (κ3) is 3.11. The number of halogens is 1. The van der Waals surface area contributed by atoms with Crippen molar-refractivity contribution < 1.29 is 9.21 Å². The van der Waals surface area contributed by atoms with Crippen LogP contribution in [0.3, 0.4) is 0 Å². The highest BCUT2D eigenvalue weighted by Gasteiger charge is 2.25. The smallest absolute Gasteiger partial charge is 0.288 e. The minimum absolute atomic E-state index is 0.258. The van der Waals surface area contributed by atoms with Gasteiger partial charge in [0.2, 0.25) is 0 Å². The molecule has 6 heteroatoms. The van der Waals surface area contributed by atoms with Crippen molar-refractivity contribution >= 4 is 28.5 Å². The number of nitrogens with zero attached hydrogens (tertiary/aromatic N) is 2. The van der Waals surface area contributed by atoms with Gasteiger partial charge >= 0.3 is 0 Å². The van der Waals surface area contributed by atoms with Gasteiger partial charge in [-0.1, -0.05) is 54.1 Å². The van der Waals surface area contributed by atoms with E-state index in [9.17, 15) is 4.79 Å². The van der Waals surface area contributed by atoms with Crippen LogP contribution in [-0.4, -0.2) is 15.5 Å². The van der Waals surface area contributed by atoms with Gasteiger partial charge in [-0.15, -0.1) is 0 Å². The number of aryl methyl sites for hydroxylation is 2. The molecule has 0 spiro atoms. The van der Waals surface area contributed by atoms with Crippen molar-refractivity contribution in [1.82, 2.24) is 14.9 Å². The Hall–Kier alpha value is -3.05. The second-order valence-electron chi connectivity index (χ2n) is 6.39. The lowest BCUT2D eigenvalue weighted by Crippen LogP contribution is -2.31. The minimum Gasteiger partial charge on any atom is -0.449 e. The van der Waals surface area contributed by atoms with Crippen LogP contribution in [0.5, 0.6) is 0 Å². The summed E-state index contributed by atoms with van der Waals surface area (Å²) in [4.78, 5) is 17.5. The molecule has 0 saturated heterocycles. The lowest BCUT2D eigenvalue weighted by molar-refractivity contribution is 0.0914. The Morgan fingerprint density at radius 3 is 2.63 bits per heavy atom. The summed E-state index contributed by atoms with van der Waals surface area (Å²) in [7, 11) is 1.90. The zero-order valence-corrected chi connectivity index (χ0v) is 15.7. The Bertz CT molecular complexity index is 1120. The van der Waals surface area contributed by atoms with Crippen molar-refractivity contribution in [3.8, 4) is 0 Å². The number of rotatable bonds is 4. The van der Waals surface area contributed by atoms with Gasteiger partial charge in [0.05, 0.1) is 5.02 Å². The summed E-state index contributed by atoms with van der Waals surface area (Å²) in [5.74, 6) is 0.686. The van der Waals surface area contributed by atoms with Crippen LogP contribution in [0.15, 0.2) is 65.3 Å². The van der Waals surface area contributed by atoms with Crippen LogP contribution < -0.4 is 5.32 Å². The molecule has 1 amide bonds. The van der Waals surface area contributed by atoms with E-state index in [0.29, 0.717) is 10.6 Å². The van der Waals surface area contributed by atoms with Crippen LogP contribution in [0.1, 0.15) is 33.5 Å². The molecule has 2 heterocycles. The van der Waals surface area contributed by atoms with E-state index in [1.165, 1.54) is 0 Å². The summed E-state index contributed by atoms with van der Waals surface area (Å²) in [6.07, 6.45) is 3.56. The first-order chi connectivity index (χ1) is 13.1. The van der Waals surface area contributed by atoms with E-state index in [0.717, 1.165) is 22.3 Å². The molecular formula is C21H18ClN3O2. The highest BCUT2D eigenvalue weighted by atomic mass is 35.5. The summed E-state index contributed by atoms with van der Waals surface area (Å²) in [6.45, 7) is 1.86. The van der Waals surface area contributed by atoms with Gasteiger partial charge < -0.3 is 14.3 Å². The zero-order chi connectivity index (χ0) is 19.0. The van der Waals surface area contributed by atoms with Gasteiger partial charge in [-0.3, -0.25) is 4.79 Å². The molecule has 0 unspecified atom stereocenters. The molecule has 0 radical (unpaired) electrons. The third-order valence-electron chi connectivity index (χ3n) is 4.65. The normalized spacial score (nSPS) is 12.3. The number of hydrogen-bond donors (Lipinski definition) is 1. The van der Waals surface area contributed by atoms with Crippen LogP contribution in [0.25, 0.3) is 11.0 Å². The molecule has 2 aromatic carbocycles. The number of hydrogen-bond acceptors (Lipinski definition) is 3. The van der Waals surface area contributed by atoms with Gasteiger partial charge in [-0.05, 0) is 18.6 Å². The quantitative estimate of drug-likeness (QED) is 0.561. The predicted octanol–water partition coefficient (Wildman–Crippen LogP) is 4.65. The van der Waals surface area contributed by atoms with Crippen molar-refractivity contribution in [2.24, 2.45) is 7.05 Å². The first-order valence-corrected chi connectivity index (χ1v) is 8.94. The number of para-hydroxylation sites is 1. The minimum atomic E-state index is -0.401. The summed E-state index contributed by atoms with van der Waals surface area (Å²) < 4.78 is 7.69. The van der Waals surface area contributed by atoms with E-state index in [1.807, 2.05) is 67.2 Å². The fraction of sp³-hybridized carbons (Fsp3) is 0.143. The number of fused-ring (bicyclic) bond motifs is 1. The fourth-order valence-corrected chi connectivity index (χ4v) is 3.43. The molecule has 4 rings (SSSR count). The Morgan fingerprint density at radius 2 is 1.96 bits per heavy atom. The average Bonchev–Trinajstić information content (AvgIpc) is 3.25. The van der Waals surface area contributed by atoms with E-state index in [2.05, 4.69) is 10.3 Å². The molecule has 0 aliphatic rings. The number of furan rings is 1. The Balaban J connectivity index is 1.74. The Morgan fingerprint density at radius 1 is 1.19 bits per heavy atom. The SMILES string of the molecule is Cc1c(C(=O)N[C@H](c2ccccc2)c2nccn2C)oc2c(Cl)cccc12. The predicted molar refractivity (Wildman–Crippen MR) is 105 cm³/mol. The van der Waals surface area contributed by atoms with Crippen molar-refractivity contribution in [2.45, 2.75) is 13.0 Å². The van der Waals surface area contributed by atoms with Crippen molar-refractivity contribution in [3.05, 3.63) is 88.7 Å². The van der Waals surface area contributed by atoms with E-state index >= 15 is 0 Å². The first kappa shape index (κ1) is 17.4. The third-order valence-corrected chi connectivity index (χ3v) is 4.94. The monoisotopic (exact) mass is 379 g/mol. The maximum atomic E-state index is 13.1. The maximum Gasteiger partial charge on any atom is 0.288 e. The lowest BCUT2D eigenvalue weighted by Gasteiger charge is -2.18. The Kier molecular flexibility index (Phi) is 4.46. The van der Waals surface area contributed by atoms with E-state index < -0.39 is 6.04 Å². The van der Waals surface area contributed by atoms with Crippen molar-refractivity contribution in [3.63, 3.8) is 0 Å². The summed E-state index contributed by atoms with van der Waals surface area (Å²) in [5.41, 5.74) is 2.22. The topological polar surface area (TPSA) is 60.1 Å². The molecule has 1 N–H and O–H groups in total. The number of carbonyl (C=O) groups is 1. The van der Waals surface area contributed by atoms with E-state index in [1.54, 1.807) is 12.3 Å². The maximum absolute atomic E-state index is 13.1. The standard InChI is InChI=1S/C21H18ClN3O2/c1-13-15-9-6-10-16(22)19(15)27-18(13)21(26)24-17(14-7-4-3-5-8-14)20-23-11-12-25(20)2/h3-12,17H,1-2H3,(H,24,26)/t17-/m1/s1. The molecule has 0 aliphatic heterocycles. The van der Waals surface area contributed by atoms with Crippen LogP contribution >= 0.6 is 11.6 Å². The van der Waals surface area contributed by atoms with E-state index in [4.69, 9.17) is 16.0 Å². The number of carbonyl (C=O) groups excluding carboxylic acids is 1. The van der Waals surface area contributed by atoms with Gasteiger partial charge in [0.25, 0.3) is 5.91 Å². The molecule has 27 heavy (non-hydrogen) atoms. The van der Waals surface area contributed by atoms with Crippen molar-refractivity contribution in [2.75, 3.05) is 0 Å². The van der Waals surface area contributed by atoms with Gasteiger partial charge in [0.15, 0.2) is 11.3 Å². The van der Waals surface area contributed by atoms with E-state index in [-0.39, 0.29) is 11.7 Å². The molecular weight excluding hydrogens is 362 g/mol. The number of amides is 1. The summed E-state index contributed by atoms with van der Waals surface area (Å²) >= 11 is 6.21. The molecule has 0 bridgehead atoms. The van der Waals surface area contributed by atoms with Crippen LogP contribution in [0.4, 0.5) is 0 Å². The number of nitrogens with one attached hydrogen (secondary N) is 1. The molecule has 136 valence electrons. The highest BCUT2D eigenvalue weighted by molar-refractivity contribution is 6.35. The number of benzene rings is 2. The van der Waals surface area contributed by atoms with Crippen LogP contribution in [0, 0.1) is 6.92 Å². The second kappa shape index (κ2) is 6.93. The van der Waals surface area contributed by atoms with Crippen molar-refractivity contribution in [1.29, 1.82) is 0 Å². The number of imidazole rings is 1.